The highest BCUT2D eigenvalue weighted by atomic mass is 32.2. The molecular weight excluding hydrogens is 516 g/mol. The zero-order valence-electron chi connectivity index (χ0n) is 22.6. The second kappa shape index (κ2) is 11.9. The molecule has 3 aromatic rings. The molecule has 0 saturated heterocycles. The first-order chi connectivity index (χ1) is 18.7. The molecule has 0 bridgehead atoms. The maximum absolute atomic E-state index is 12.9. The SMILES string of the molecule is Cc1nc(-c2cccc(C(=O)NC3CCC(CCN4CCc5ccc(OS(C)(=O)=O)cc5CC4)CC3)c2)no1. The van der Waals surface area contributed by atoms with Gasteiger partial charge < -0.3 is 18.9 Å². The minimum Gasteiger partial charge on any atom is -0.383 e. The van der Waals surface area contributed by atoms with Crippen molar-refractivity contribution in [2.45, 2.75) is 57.9 Å². The third kappa shape index (κ3) is 7.45. The summed E-state index contributed by atoms with van der Waals surface area (Å²) in [6.45, 7) is 4.77. The molecule has 1 saturated carbocycles. The van der Waals surface area contributed by atoms with E-state index in [0.29, 0.717) is 28.9 Å². The molecule has 2 aromatic carbocycles. The number of rotatable bonds is 8. The van der Waals surface area contributed by atoms with Crippen LogP contribution in [0.2, 0.25) is 0 Å². The lowest BCUT2D eigenvalue weighted by Gasteiger charge is -2.30. The van der Waals surface area contributed by atoms with Crippen LogP contribution in [0.3, 0.4) is 0 Å². The number of fused-ring (bicyclic) bond motifs is 1. The van der Waals surface area contributed by atoms with Crippen LogP contribution in [-0.4, -0.2) is 61.3 Å². The fourth-order valence-electron chi connectivity index (χ4n) is 5.64. The van der Waals surface area contributed by atoms with Crippen LogP contribution in [0.5, 0.6) is 5.75 Å². The first kappa shape index (κ1) is 27.3. The molecule has 2 heterocycles. The average molecular weight is 553 g/mol. The highest BCUT2D eigenvalue weighted by Gasteiger charge is 2.24. The molecule has 1 aromatic heterocycles. The van der Waals surface area contributed by atoms with Crippen molar-refractivity contribution in [2.75, 3.05) is 25.9 Å². The number of hydrogen-bond donors (Lipinski definition) is 1. The summed E-state index contributed by atoms with van der Waals surface area (Å²) in [5, 5.41) is 7.17. The zero-order valence-corrected chi connectivity index (χ0v) is 23.4. The maximum atomic E-state index is 12.9. The number of hydrogen-bond acceptors (Lipinski definition) is 8. The van der Waals surface area contributed by atoms with Gasteiger partial charge in [0.25, 0.3) is 5.91 Å². The summed E-state index contributed by atoms with van der Waals surface area (Å²) >= 11 is 0. The van der Waals surface area contributed by atoms with Crippen LogP contribution in [0.25, 0.3) is 11.4 Å². The number of nitrogens with zero attached hydrogens (tertiary/aromatic N) is 3. The van der Waals surface area contributed by atoms with Gasteiger partial charge in [-0.25, -0.2) is 0 Å². The maximum Gasteiger partial charge on any atom is 0.306 e. The Hall–Kier alpha value is -3.24. The lowest BCUT2D eigenvalue weighted by Crippen LogP contribution is -2.38. The van der Waals surface area contributed by atoms with Gasteiger partial charge in [-0.2, -0.15) is 13.4 Å². The van der Waals surface area contributed by atoms with Gasteiger partial charge in [0.2, 0.25) is 11.7 Å². The van der Waals surface area contributed by atoms with E-state index in [9.17, 15) is 13.2 Å². The fourth-order valence-corrected chi connectivity index (χ4v) is 6.10. The largest absolute Gasteiger partial charge is 0.383 e. The average Bonchev–Trinajstić information content (AvgIpc) is 3.24. The van der Waals surface area contributed by atoms with E-state index in [1.165, 1.54) is 11.1 Å². The Morgan fingerprint density at radius 1 is 1.08 bits per heavy atom. The number of carbonyl (C=O) groups is 1. The molecule has 1 amide bonds. The van der Waals surface area contributed by atoms with E-state index in [4.69, 9.17) is 8.71 Å². The van der Waals surface area contributed by atoms with Crippen LogP contribution in [0, 0.1) is 12.8 Å². The molecule has 1 aliphatic carbocycles. The summed E-state index contributed by atoms with van der Waals surface area (Å²) < 4.78 is 33.1. The molecule has 5 rings (SSSR count). The highest BCUT2D eigenvalue weighted by Crippen LogP contribution is 2.28. The van der Waals surface area contributed by atoms with Crippen molar-refractivity contribution in [1.29, 1.82) is 0 Å². The molecule has 10 heteroatoms. The van der Waals surface area contributed by atoms with E-state index in [1.54, 1.807) is 13.0 Å². The van der Waals surface area contributed by atoms with Crippen LogP contribution in [0.4, 0.5) is 0 Å². The van der Waals surface area contributed by atoms with Crippen LogP contribution < -0.4 is 9.50 Å². The molecule has 1 N–H and O–H groups in total. The highest BCUT2D eigenvalue weighted by molar-refractivity contribution is 7.86. The lowest BCUT2D eigenvalue weighted by molar-refractivity contribution is 0.0920. The topological polar surface area (TPSA) is 115 Å². The van der Waals surface area contributed by atoms with Gasteiger partial charge in [-0.3, -0.25) is 4.79 Å². The Bertz CT molecular complexity index is 1410. The van der Waals surface area contributed by atoms with Crippen molar-refractivity contribution in [3.8, 4) is 17.1 Å². The monoisotopic (exact) mass is 552 g/mol. The Morgan fingerprint density at radius 3 is 2.56 bits per heavy atom. The molecule has 0 radical (unpaired) electrons. The predicted molar refractivity (Wildman–Crippen MR) is 148 cm³/mol. The van der Waals surface area contributed by atoms with Gasteiger partial charge in [-0.05, 0) is 92.8 Å². The van der Waals surface area contributed by atoms with Gasteiger partial charge >= 0.3 is 10.1 Å². The molecule has 1 fully saturated rings. The van der Waals surface area contributed by atoms with E-state index in [1.807, 2.05) is 36.4 Å². The lowest BCUT2D eigenvalue weighted by atomic mass is 9.84. The van der Waals surface area contributed by atoms with Gasteiger partial charge in [0.05, 0.1) is 6.26 Å². The second-order valence-corrected chi connectivity index (χ2v) is 12.3. The number of amides is 1. The Morgan fingerprint density at radius 2 is 1.85 bits per heavy atom. The van der Waals surface area contributed by atoms with Crippen molar-refractivity contribution in [1.82, 2.24) is 20.4 Å². The molecule has 9 nitrogen and oxygen atoms in total. The van der Waals surface area contributed by atoms with Crippen molar-refractivity contribution in [2.24, 2.45) is 5.92 Å². The number of carbonyl (C=O) groups excluding carboxylic acids is 1. The van der Waals surface area contributed by atoms with E-state index < -0.39 is 10.1 Å². The van der Waals surface area contributed by atoms with Gasteiger partial charge in [0, 0.05) is 37.2 Å². The summed E-state index contributed by atoms with van der Waals surface area (Å²) in [4.78, 5) is 19.7. The molecule has 0 atom stereocenters. The summed E-state index contributed by atoms with van der Waals surface area (Å²) in [5.41, 5.74) is 3.82. The fraction of sp³-hybridized carbons (Fsp3) is 0.483. The molecule has 0 spiro atoms. The van der Waals surface area contributed by atoms with Crippen molar-refractivity contribution in [3.63, 3.8) is 0 Å². The summed E-state index contributed by atoms with van der Waals surface area (Å²) in [7, 11) is -3.52. The third-order valence-electron chi connectivity index (χ3n) is 7.77. The predicted octanol–water partition coefficient (Wildman–Crippen LogP) is 4.16. The minimum atomic E-state index is -3.52. The molecule has 39 heavy (non-hydrogen) atoms. The first-order valence-electron chi connectivity index (χ1n) is 13.7. The van der Waals surface area contributed by atoms with Gasteiger partial charge in [-0.1, -0.05) is 23.4 Å². The minimum absolute atomic E-state index is 0.0604. The van der Waals surface area contributed by atoms with E-state index in [-0.39, 0.29) is 11.9 Å². The van der Waals surface area contributed by atoms with Crippen LogP contribution in [0.1, 0.15) is 59.5 Å². The normalized spacial score (nSPS) is 20.2. The second-order valence-electron chi connectivity index (χ2n) is 10.8. The van der Waals surface area contributed by atoms with Crippen LogP contribution in [-0.2, 0) is 23.0 Å². The van der Waals surface area contributed by atoms with Crippen LogP contribution in [0.15, 0.2) is 47.0 Å². The molecule has 0 unspecified atom stereocenters. The standard InChI is InChI=1S/C29H36N4O5S/c1-20-30-28(32-37-20)24-4-3-5-25(18-24)29(34)31-26-9-6-21(7-10-26)12-15-33-16-13-22-8-11-27(38-39(2,35)36)19-23(22)14-17-33/h3-5,8,11,18-19,21,26H,6-7,9-10,12-17H2,1-2H3,(H,31,34). The summed E-state index contributed by atoms with van der Waals surface area (Å²) in [6, 6.07) is 13.2. The van der Waals surface area contributed by atoms with Crippen molar-refractivity contribution in [3.05, 3.63) is 65.0 Å². The number of benzene rings is 2. The van der Waals surface area contributed by atoms with Crippen LogP contribution >= 0.6 is 0 Å². The number of aryl methyl sites for hydroxylation is 1. The molecule has 208 valence electrons. The van der Waals surface area contributed by atoms with Crippen molar-refractivity contribution < 1.29 is 21.9 Å². The smallest absolute Gasteiger partial charge is 0.306 e. The van der Waals surface area contributed by atoms with Gasteiger partial charge in [0.1, 0.15) is 5.75 Å². The quantitative estimate of drug-likeness (QED) is 0.414. The number of aromatic nitrogens is 2. The zero-order chi connectivity index (χ0) is 27.4. The first-order valence-corrected chi connectivity index (χ1v) is 15.5. The summed E-state index contributed by atoms with van der Waals surface area (Å²) in [6.07, 6.45) is 8.30. The van der Waals surface area contributed by atoms with Gasteiger partial charge in [0.15, 0.2) is 0 Å². The third-order valence-corrected chi connectivity index (χ3v) is 8.26. The Kier molecular flexibility index (Phi) is 8.32. The van der Waals surface area contributed by atoms with Crippen molar-refractivity contribution >= 4 is 16.0 Å². The number of nitrogens with one attached hydrogen (secondary N) is 1. The Balaban J connectivity index is 1.06. The van der Waals surface area contributed by atoms with E-state index in [2.05, 4.69) is 20.4 Å². The van der Waals surface area contributed by atoms with E-state index in [0.717, 1.165) is 76.4 Å². The van der Waals surface area contributed by atoms with Gasteiger partial charge in [-0.15, -0.1) is 0 Å². The summed E-state index contributed by atoms with van der Waals surface area (Å²) in [5.74, 6) is 1.98. The van der Waals surface area contributed by atoms with E-state index >= 15 is 0 Å². The molecule has 2 aliphatic rings. The molecule has 1 aliphatic heterocycles. The molecular formula is C29H36N4O5S. The Labute approximate surface area is 230 Å².